The summed E-state index contributed by atoms with van der Waals surface area (Å²) in [6.45, 7) is 0. The van der Waals surface area contributed by atoms with E-state index in [9.17, 15) is 14.3 Å². The lowest BCUT2D eigenvalue weighted by atomic mass is 10.1. The van der Waals surface area contributed by atoms with Crippen molar-refractivity contribution in [1.29, 1.82) is 0 Å². The van der Waals surface area contributed by atoms with Gasteiger partial charge >= 0.3 is 5.97 Å². The zero-order valence-corrected chi connectivity index (χ0v) is 7.33. The second-order valence-electron chi connectivity index (χ2n) is 3.47. The van der Waals surface area contributed by atoms with Crippen LogP contribution in [0, 0.1) is 5.82 Å². The van der Waals surface area contributed by atoms with Gasteiger partial charge in [0.15, 0.2) is 0 Å². The van der Waals surface area contributed by atoms with Gasteiger partial charge in [0.2, 0.25) is 0 Å². The molecule has 1 fully saturated rings. The standard InChI is InChI=1S/C10H9FO3/c11-8-4-9(12)6(5-1-2-5)3-7(8)10(13)14/h3-5,12H,1-2H2,(H,13,14). The lowest BCUT2D eigenvalue weighted by Crippen LogP contribution is -2.01. The molecule has 0 aliphatic heterocycles. The molecule has 14 heavy (non-hydrogen) atoms. The summed E-state index contributed by atoms with van der Waals surface area (Å²) < 4.78 is 13.0. The first-order chi connectivity index (χ1) is 6.59. The molecular formula is C10H9FO3. The number of carboxylic acid groups (broad SMARTS) is 1. The zero-order valence-electron chi connectivity index (χ0n) is 7.33. The predicted octanol–water partition coefficient (Wildman–Crippen LogP) is 2.11. The number of phenolic OH excluding ortho intramolecular Hbond substituents is 1. The molecule has 0 radical (unpaired) electrons. The van der Waals surface area contributed by atoms with E-state index in [0.717, 1.165) is 18.9 Å². The van der Waals surface area contributed by atoms with Crippen molar-refractivity contribution >= 4 is 5.97 Å². The molecule has 1 aliphatic rings. The van der Waals surface area contributed by atoms with Crippen molar-refractivity contribution in [2.24, 2.45) is 0 Å². The van der Waals surface area contributed by atoms with Crippen LogP contribution in [0.1, 0.15) is 34.7 Å². The Balaban J connectivity index is 2.51. The number of hydrogen-bond donors (Lipinski definition) is 2. The number of halogens is 1. The maximum atomic E-state index is 13.0. The fourth-order valence-electron chi connectivity index (χ4n) is 1.46. The molecule has 0 unspecified atom stereocenters. The van der Waals surface area contributed by atoms with Crippen molar-refractivity contribution in [3.05, 3.63) is 29.1 Å². The van der Waals surface area contributed by atoms with E-state index in [1.165, 1.54) is 6.07 Å². The van der Waals surface area contributed by atoms with Crippen LogP contribution in [0.2, 0.25) is 0 Å². The number of carboxylic acids is 1. The number of benzene rings is 1. The largest absolute Gasteiger partial charge is 0.508 e. The summed E-state index contributed by atoms with van der Waals surface area (Å²) in [5.74, 6) is -2.13. The van der Waals surface area contributed by atoms with Crippen LogP contribution in [0.4, 0.5) is 4.39 Å². The highest BCUT2D eigenvalue weighted by Crippen LogP contribution is 2.44. The summed E-state index contributed by atoms with van der Waals surface area (Å²) in [5, 5.41) is 18.0. The normalized spacial score (nSPS) is 15.5. The lowest BCUT2D eigenvalue weighted by Gasteiger charge is -2.05. The number of rotatable bonds is 2. The Hall–Kier alpha value is -1.58. The molecule has 1 aliphatic carbocycles. The van der Waals surface area contributed by atoms with Gasteiger partial charge in [-0.1, -0.05) is 0 Å². The highest BCUT2D eigenvalue weighted by molar-refractivity contribution is 5.88. The molecule has 1 aromatic carbocycles. The minimum atomic E-state index is -1.30. The van der Waals surface area contributed by atoms with Gasteiger partial charge < -0.3 is 10.2 Å². The molecular weight excluding hydrogens is 187 g/mol. The van der Waals surface area contributed by atoms with Crippen molar-refractivity contribution in [2.45, 2.75) is 18.8 Å². The van der Waals surface area contributed by atoms with Gasteiger partial charge in [-0.15, -0.1) is 0 Å². The van der Waals surface area contributed by atoms with E-state index in [4.69, 9.17) is 5.11 Å². The molecule has 0 spiro atoms. The van der Waals surface area contributed by atoms with Crippen molar-refractivity contribution in [3.8, 4) is 5.75 Å². The summed E-state index contributed by atoms with van der Waals surface area (Å²) >= 11 is 0. The summed E-state index contributed by atoms with van der Waals surface area (Å²) in [6, 6.07) is 2.10. The first-order valence-electron chi connectivity index (χ1n) is 4.35. The molecule has 1 saturated carbocycles. The average Bonchev–Trinajstić information content (AvgIpc) is 2.86. The Labute approximate surface area is 79.8 Å². The second kappa shape index (κ2) is 2.97. The Morgan fingerprint density at radius 1 is 1.43 bits per heavy atom. The van der Waals surface area contributed by atoms with E-state index in [1.807, 2.05) is 0 Å². The van der Waals surface area contributed by atoms with Gasteiger partial charge in [0.05, 0.1) is 5.56 Å². The second-order valence-corrected chi connectivity index (χ2v) is 3.47. The summed E-state index contributed by atoms with van der Waals surface area (Å²) in [7, 11) is 0. The summed E-state index contributed by atoms with van der Waals surface area (Å²) in [4.78, 5) is 10.6. The molecule has 74 valence electrons. The average molecular weight is 196 g/mol. The van der Waals surface area contributed by atoms with Gasteiger partial charge in [-0.05, 0) is 30.4 Å². The van der Waals surface area contributed by atoms with E-state index >= 15 is 0 Å². The fourth-order valence-corrected chi connectivity index (χ4v) is 1.46. The van der Waals surface area contributed by atoms with Crippen LogP contribution in [0.15, 0.2) is 12.1 Å². The smallest absolute Gasteiger partial charge is 0.338 e. The van der Waals surface area contributed by atoms with Crippen LogP contribution in [-0.4, -0.2) is 16.2 Å². The molecule has 0 saturated heterocycles. The van der Waals surface area contributed by atoms with E-state index in [1.54, 1.807) is 0 Å². The lowest BCUT2D eigenvalue weighted by molar-refractivity contribution is 0.0691. The highest BCUT2D eigenvalue weighted by atomic mass is 19.1. The highest BCUT2D eigenvalue weighted by Gasteiger charge is 2.28. The minimum Gasteiger partial charge on any atom is -0.508 e. The number of carbonyl (C=O) groups is 1. The van der Waals surface area contributed by atoms with E-state index in [2.05, 4.69) is 0 Å². The monoisotopic (exact) mass is 196 g/mol. The topological polar surface area (TPSA) is 57.5 Å². The fraction of sp³-hybridized carbons (Fsp3) is 0.300. The Morgan fingerprint density at radius 2 is 2.07 bits per heavy atom. The van der Waals surface area contributed by atoms with Crippen molar-refractivity contribution in [3.63, 3.8) is 0 Å². The van der Waals surface area contributed by atoms with Gasteiger partial charge in [0.1, 0.15) is 11.6 Å². The first kappa shape index (κ1) is 8.99. The third-order valence-electron chi connectivity index (χ3n) is 2.36. The molecule has 4 heteroatoms. The molecule has 0 aromatic heterocycles. The van der Waals surface area contributed by atoms with Gasteiger partial charge in [-0.25, -0.2) is 9.18 Å². The summed E-state index contributed by atoms with van der Waals surface area (Å²) in [5.41, 5.74) is 0.175. The molecule has 0 bridgehead atoms. The summed E-state index contributed by atoms with van der Waals surface area (Å²) in [6.07, 6.45) is 1.86. The van der Waals surface area contributed by atoms with Crippen LogP contribution in [0.25, 0.3) is 0 Å². The number of phenols is 1. The SMILES string of the molecule is O=C(O)c1cc(C2CC2)c(O)cc1F. The number of aromatic hydroxyl groups is 1. The van der Waals surface area contributed by atoms with Gasteiger partial charge in [0, 0.05) is 6.07 Å². The maximum Gasteiger partial charge on any atom is 0.338 e. The van der Waals surface area contributed by atoms with Crippen molar-refractivity contribution in [2.75, 3.05) is 0 Å². The van der Waals surface area contributed by atoms with E-state index < -0.39 is 11.8 Å². The van der Waals surface area contributed by atoms with Crippen LogP contribution in [-0.2, 0) is 0 Å². The predicted molar refractivity (Wildman–Crippen MR) is 47.0 cm³/mol. The Kier molecular flexibility index (Phi) is 1.91. The van der Waals surface area contributed by atoms with E-state index in [0.29, 0.717) is 5.56 Å². The number of hydrogen-bond acceptors (Lipinski definition) is 2. The van der Waals surface area contributed by atoms with Gasteiger partial charge in [-0.3, -0.25) is 0 Å². The third kappa shape index (κ3) is 1.43. The molecule has 0 heterocycles. The molecule has 0 atom stereocenters. The number of aromatic carboxylic acids is 1. The molecule has 2 rings (SSSR count). The van der Waals surface area contributed by atoms with Crippen LogP contribution in [0.3, 0.4) is 0 Å². The Bertz CT molecular complexity index is 397. The molecule has 2 N–H and O–H groups in total. The maximum absolute atomic E-state index is 13.0. The molecule has 1 aromatic rings. The van der Waals surface area contributed by atoms with Crippen molar-refractivity contribution < 1.29 is 19.4 Å². The minimum absolute atomic E-state index is 0.144. The van der Waals surface area contributed by atoms with E-state index in [-0.39, 0.29) is 17.2 Å². The third-order valence-corrected chi connectivity index (χ3v) is 2.36. The van der Waals surface area contributed by atoms with Crippen LogP contribution >= 0.6 is 0 Å². The van der Waals surface area contributed by atoms with Gasteiger partial charge in [0.25, 0.3) is 0 Å². The molecule has 0 amide bonds. The Morgan fingerprint density at radius 3 is 2.57 bits per heavy atom. The first-order valence-corrected chi connectivity index (χ1v) is 4.35. The van der Waals surface area contributed by atoms with Crippen molar-refractivity contribution in [1.82, 2.24) is 0 Å². The van der Waals surface area contributed by atoms with Crippen LogP contribution in [0.5, 0.6) is 5.75 Å². The molecule has 3 nitrogen and oxygen atoms in total. The quantitative estimate of drug-likeness (QED) is 0.761. The van der Waals surface area contributed by atoms with Gasteiger partial charge in [-0.2, -0.15) is 0 Å². The zero-order chi connectivity index (χ0) is 10.3. The van der Waals surface area contributed by atoms with Crippen LogP contribution < -0.4 is 0 Å².